The van der Waals surface area contributed by atoms with Gasteiger partial charge >= 0.3 is 0 Å². The number of nitrogens with two attached hydrogens (primary N) is 1. The SMILES string of the molecule is CCNC[C@H]1O[C@@H](n2cnc3c(N)ncnc32)[C@H]2OC(C)(C)O[C@@H]21. The Hall–Kier alpha value is -1.81. The first-order valence-electron chi connectivity index (χ1n) is 8.15. The third-order valence-electron chi connectivity index (χ3n) is 4.38. The predicted octanol–water partition coefficient (Wildman–Crippen LogP) is 0.436. The lowest BCUT2D eigenvalue weighted by Gasteiger charge is -2.24. The standard InChI is InChI=1S/C15H22N6O3/c1-4-17-5-8-10-11(24-15(2,3)23-10)14(22-8)21-7-20-9-12(16)18-6-19-13(9)21/h6-8,10-11,14,17H,4-5H2,1-3H3,(H2,16,18,19)/t8-,10-,11+,14-/m1/s1. The smallest absolute Gasteiger partial charge is 0.167 e. The zero-order chi connectivity index (χ0) is 16.9. The Morgan fingerprint density at radius 1 is 1.25 bits per heavy atom. The molecule has 130 valence electrons. The molecular formula is C15H22N6O3. The second kappa shape index (κ2) is 5.62. The van der Waals surface area contributed by atoms with E-state index in [1.807, 2.05) is 18.4 Å². The number of hydrogen-bond donors (Lipinski definition) is 2. The number of fused-ring (bicyclic) bond motifs is 2. The maximum Gasteiger partial charge on any atom is 0.167 e. The highest BCUT2D eigenvalue weighted by atomic mass is 16.8. The van der Waals surface area contributed by atoms with Crippen LogP contribution in [0.5, 0.6) is 0 Å². The molecule has 0 saturated carbocycles. The molecule has 9 nitrogen and oxygen atoms in total. The molecule has 2 aliphatic rings. The fraction of sp³-hybridized carbons (Fsp3) is 0.667. The largest absolute Gasteiger partial charge is 0.382 e. The van der Waals surface area contributed by atoms with E-state index in [2.05, 4.69) is 27.2 Å². The Labute approximate surface area is 139 Å². The fourth-order valence-corrected chi connectivity index (χ4v) is 3.39. The summed E-state index contributed by atoms with van der Waals surface area (Å²) in [7, 11) is 0. The third kappa shape index (κ3) is 2.44. The summed E-state index contributed by atoms with van der Waals surface area (Å²) in [5, 5.41) is 3.31. The van der Waals surface area contributed by atoms with E-state index in [9.17, 15) is 0 Å². The van der Waals surface area contributed by atoms with Crippen molar-refractivity contribution in [2.45, 2.75) is 51.1 Å². The first-order valence-corrected chi connectivity index (χ1v) is 8.15. The average Bonchev–Trinajstić information content (AvgIpc) is 3.17. The Bertz CT molecular complexity index is 748. The molecule has 0 radical (unpaired) electrons. The molecule has 4 atom stereocenters. The minimum absolute atomic E-state index is 0.113. The maximum absolute atomic E-state index is 6.23. The minimum atomic E-state index is -0.647. The van der Waals surface area contributed by atoms with Crippen molar-refractivity contribution in [3.8, 4) is 0 Å². The monoisotopic (exact) mass is 334 g/mol. The summed E-state index contributed by atoms with van der Waals surface area (Å²) in [5.74, 6) is -0.298. The lowest BCUT2D eigenvalue weighted by atomic mass is 10.1. The summed E-state index contributed by atoms with van der Waals surface area (Å²) in [4.78, 5) is 12.6. The molecule has 4 heterocycles. The molecule has 0 aliphatic carbocycles. The first-order chi connectivity index (χ1) is 11.5. The zero-order valence-electron chi connectivity index (χ0n) is 14.0. The molecule has 0 spiro atoms. The Balaban J connectivity index is 1.70. The van der Waals surface area contributed by atoms with Crippen LogP contribution < -0.4 is 11.1 Å². The predicted molar refractivity (Wildman–Crippen MR) is 86.0 cm³/mol. The second-order valence-corrected chi connectivity index (χ2v) is 6.52. The molecule has 3 N–H and O–H groups in total. The van der Waals surface area contributed by atoms with Crippen molar-refractivity contribution in [2.24, 2.45) is 0 Å². The van der Waals surface area contributed by atoms with Crippen molar-refractivity contribution < 1.29 is 14.2 Å². The molecule has 2 aromatic rings. The van der Waals surface area contributed by atoms with Gasteiger partial charge < -0.3 is 25.3 Å². The van der Waals surface area contributed by atoms with E-state index in [1.54, 1.807) is 6.33 Å². The quantitative estimate of drug-likeness (QED) is 0.829. The van der Waals surface area contributed by atoms with Gasteiger partial charge in [0.25, 0.3) is 0 Å². The molecule has 2 saturated heterocycles. The summed E-state index contributed by atoms with van der Waals surface area (Å²) < 4.78 is 20.2. The summed E-state index contributed by atoms with van der Waals surface area (Å²) in [5.41, 5.74) is 7.07. The van der Waals surface area contributed by atoms with Crippen LogP contribution in [0.2, 0.25) is 0 Å². The molecule has 2 fully saturated rings. The van der Waals surface area contributed by atoms with Crippen LogP contribution in [-0.2, 0) is 14.2 Å². The van der Waals surface area contributed by atoms with E-state index in [-0.39, 0.29) is 24.5 Å². The van der Waals surface area contributed by atoms with Gasteiger partial charge in [-0.15, -0.1) is 0 Å². The number of hydrogen-bond acceptors (Lipinski definition) is 8. The number of nitrogens with zero attached hydrogens (tertiary/aromatic N) is 4. The molecule has 4 rings (SSSR count). The van der Waals surface area contributed by atoms with Gasteiger partial charge in [-0.1, -0.05) is 6.92 Å². The van der Waals surface area contributed by atoms with E-state index >= 15 is 0 Å². The maximum atomic E-state index is 6.23. The van der Waals surface area contributed by atoms with Crippen molar-refractivity contribution in [2.75, 3.05) is 18.8 Å². The summed E-state index contributed by atoms with van der Waals surface area (Å²) >= 11 is 0. The van der Waals surface area contributed by atoms with Crippen molar-refractivity contribution in [3.63, 3.8) is 0 Å². The number of nitrogens with one attached hydrogen (secondary N) is 1. The van der Waals surface area contributed by atoms with Gasteiger partial charge in [0.1, 0.15) is 30.2 Å². The van der Waals surface area contributed by atoms with E-state index < -0.39 is 5.79 Å². The van der Waals surface area contributed by atoms with Crippen LogP contribution in [-0.4, -0.2) is 56.7 Å². The summed E-state index contributed by atoms with van der Waals surface area (Å²) in [6.45, 7) is 7.45. The average molecular weight is 334 g/mol. The minimum Gasteiger partial charge on any atom is -0.382 e. The molecule has 0 aromatic carbocycles. The van der Waals surface area contributed by atoms with Gasteiger partial charge in [-0.2, -0.15) is 0 Å². The van der Waals surface area contributed by atoms with Gasteiger partial charge in [0, 0.05) is 6.54 Å². The highest BCUT2D eigenvalue weighted by molar-refractivity contribution is 5.81. The second-order valence-electron chi connectivity index (χ2n) is 6.52. The molecule has 0 unspecified atom stereocenters. The van der Waals surface area contributed by atoms with Crippen LogP contribution in [0.4, 0.5) is 5.82 Å². The van der Waals surface area contributed by atoms with Gasteiger partial charge in [-0.05, 0) is 20.4 Å². The summed E-state index contributed by atoms with van der Waals surface area (Å²) in [6.07, 6.45) is 2.21. The van der Waals surface area contributed by atoms with Crippen molar-refractivity contribution in [3.05, 3.63) is 12.7 Å². The topological polar surface area (TPSA) is 109 Å². The molecule has 2 aromatic heterocycles. The van der Waals surface area contributed by atoms with Crippen LogP contribution >= 0.6 is 0 Å². The third-order valence-corrected chi connectivity index (χ3v) is 4.38. The van der Waals surface area contributed by atoms with Crippen LogP contribution in [0, 0.1) is 0 Å². The lowest BCUT2D eigenvalue weighted by Crippen LogP contribution is -2.37. The van der Waals surface area contributed by atoms with Gasteiger partial charge in [-0.3, -0.25) is 4.57 Å². The van der Waals surface area contributed by atoms with Gasteiger partial charge in [0.2, 0.25) is 0 Å². The van der Waals surface area contributed by atoms with Gasteiger partial charge in [-0.25, -0.2) is 15.0 Å². The van der Waals surface area contributed by atoms with E-state index in [4.69, 9.17) is 19.9 Å². The number of anilines is 1. The zero-order valence-corrected chi connectivity index (χ0v) is 14.0. The number of ether oxygens (including phenoxy) is 3. The Morgan fingerprint density at radius 3 is 2.83 bits per heavy atom. The van der Waals surface area contributed by atoms with E-state index in [0.717, 1.165) is 6.54 Å². The molecule has 0 bridgehead atoms. The highest BCUT2D eigenvalue weighted by Gasteiger charge is 2.55. The molecule has 2 aliphatic heterocycles. The molecule has 0 amide bonds. The number of likely N-dealkylation sites (N-methyl/N-ethyl adjacent to an activating group) is 1. The lowest BCUT2D eigenvalue weighted by molar-refractivity contribution is -0.195. The fourth-order valence-electron chi connectivity index (χ4n) is 3.39. The van der Waals surface area contributed by atoms with Crippen LogP contribution in [0.1, 0.15) is 27.0 Å². The van der Waals surface area contributed by atoms with Crippen LogP contribution in [0.3, 0.4) is 0 Å². The Kier molecular flexibility index (Phi) is 3.68. The van der Waals surface area contributed by atoms with Gasteiger partial charge in [0.05, 0.1) is 6.33 Å². The van der Waals surface area contributed by atoms with Crippen molar-refractivity contribution >= 4 is 17.0 Å². The highest BCUT2D eigenvalue weighted by Crippen LogP contribution is 2.43. The number of rotatable bonds is 4. The first kappa shape index (κ1) is 15.7. The number of imidazole rings is 1. The van der Waals surface area contributed by atoms with Crippen molar-refractivity contribution in [1.29, 1.82) is 0 Å². The number of aromatic nitrogens is 4. The molecule has 24 heavy (non-hydrogen) atoms. The Morgan fingerprint density at radius 2 is 2.04 bits per heavy atom. The van der Waals surface area contributed by atoms with Crippen LogP contribution in [0.15, 0.2) is 12.7 Å². The molecular weight excluding hydrogens is 312 g/mol. The summed E-state index contributed by atoms with van der Waals surface area (Å²) in [6, 6.07) is 0. The van der Waals surface area contributed by atoms with Crippen LogP contribution in [0.25, 0.3) is 11.2 Å². The van der Waals surface area contributed by atoms with E-state index in [1.165, 1.54) is 6.33 Å². The van der Waals surface area contributed by atoms with E-state index in [0.29, 0.717) is 23.5 Å². The number of nitrogen functional groups attached to an aromatic ring is 1. The molecule has 9 heteroatoms. The normalized spacial score (nSPS) is 31.6. The van der Waals surface area contributed by atoms with Crippen molar-refractivity contribution in [1.82, 2.24) is 24.8 Å². The van der Waals surface area contributed by atoms with Gasteiger partial charge in [0.15, 0.2) is 23.5 Å².